The molecule has 0 atom stereocenters. The Morgan fingerprint density at radius 1 is 1.30 bits per heavy atom. The number of hydrogen-bond acceptors (Lipinski definition) is 5. The minimum atomic E-state index is -3.50. The molecule has 1 saturated heterocycles. The van der Waals surface area contributed by atoms with E-state index in [1.807, 2.05) is 19.2 Å². The molecule has 2 aromatic rings. The van der Waals surface area contributed by atoms with Gasteiger partial charge in [0, 0.05) is 50.8 Å². The van der Waals surface area contributed by atoms with Crippen LogP contribution in [0.5, 0.6) is 0 Å². The zero-order chi connectivity index (χ0) is 16.3. The summed E-state index contributed by atoms with van der Waals surface area (Å²) in [7, 11) is -1.65. The number of rotatable bonds is 5. The van der Waals surface area contributed by atoms with Crippen LogP contribution in [-0.4, -0.2) is 53.8 Å². The van der Waals surface area contributed by atoms with Gasteiger partial charge in [-0.05, 0) is 17.7 Å². The van der Waals surface area contributed by atoms with Crippen LogP contribution >= 0.6 is 0 Å². The number of pyridine rings is 1. The van der Waals surface area contributed by atoms with Crippen LogP contribution in [-0.2, 0) is 28.5 Å². The van der Waals surface area contributed by atoms with Crippen LogP contribution in [0.2, 0.25) is 0 Å². The Bertz CT molecular complexity index is 768. The fraction of sp³-hybridized carbons (Fsp3) is 0.429. The Balaban J connectivity index is 1.70. The van der Waals surface area contributed by atoms with Gasteiger partial charge >= 0.3 is 0 Å². The Labute approximate surface area is 135 Å². The van der Waals surface area contributed by atoms with E-state index in [-0.39, 0.29) is 6.54 Å². The average molecular weight is 337 g/mol. The smallest absolute Gasteiger partial charge is 0.279 e. The third-order valence-electron chi connectivity index (χ3n) is 3.68. The van der Waals surface area contributed by atoms with E-state index in [1.54, 1.807) is 23.3 Å². The van der Waals surface area contributed by atoms with Gasteiger partial charge < -0.3 is 4.74 Å². The van der Waals surface area contributed by atoms with Crippen molar-refractivity contribution in [1.82, 2.24) is 23.8 Å². The third kappa shape index (κ3) is 3.75. The van der Waals surface area contributed by atoms with E-state index in [0.717, 1.165) is 16.8 Å². The van der Waals surface area contributed by atoms with E-state index < -0.39 is 10.2 Å². The molecule has 124 valence electrons. The molecule has 8 nitrogen and oxygen atoms in total. The summed E-state index contributed by atoms with van der Waals surface area (Å²) in [5.74, 6) is 0. The third-order valence-corrected chi connectivity index (χ3v) is 5.23. The van der Waals surface area contributed by atoms with Gasteiger partial charge in [0.1, 0.15) is 0 Å². The molecule has 0 radical (unpaired) electrons. The van der Waals surface area contributed by atoms with Gasteiger partial charge in [0.25, 0.3) is 10.2 Å². The van der Waals surface area contributed by atoms with Gasteiger partial charge in [0.05, 0.1) is 18.9 Å². The van der Waals surface area contributed by atoms with E-state index in [2.05, 4.69) is 14.8 Å². The molecule has 0 amide bonds. The molecule has 0 aliphatic carbocycles. The molecule has 0 bridgehead atoms. The minimum absolute atomic E-state index is 0.193. The molecule has 1 aliphatic heterocycles. The van der Waals surface area contributed by atoms with Crippen molar-refractivity contribution in [3.05, 3.63) is 36.3 Å². The van der Waals surface area contributed by atoms with Gasteiger partial charge in [-0.1, -0.05) is 0 Å². The van der Waals surface area contributed by atoms with E-state index in [4.69, 9.17) is 4.74 Å². The van der Waals surface area contributed by atoms with Crippen molar-refractivity contribution < 1.29 is 13.2 Å². The monoisotopic (exact) mass is 337 g/mol. The molecule has 3 heterocycles. The van der Waals surface area contributed by atoms with Crippen LogP contribution < -0.4 is 4.72 Å². The first-order chi connectivity index (χ1) is 11.1. The summed E-state index contributed by atoms with van der Waals surface area (Å²) in [6.07, 6.45) is 5.10. The van der Waals surface area contributed by atoms with Crippen LogP contribution in [0.1, 0.15) is 5.56 Å². The largest absolute Gasteiger partial charge is 0.379 e. The molecule has 1 N–H and O–H groups in total. The lowest BCUT2D eigenvalue weighted by molar-refractivity contribution is 0.0725. The first-order valence-electron chi connectivity index (χ1n) is 7.31. The lowest BCUT2D eigenvalue weighted by atomic mass is 10.1. The number of ether oxygens (including phenoxy) is 1. The van der Waals surface area contributed by atoms with Gasteiger partial charge in [-0.15, -0.1) is 0 Å². The van der Waals surface area contributed by atoms with Crippen molar-refractivity contribution in [3.63, 3.8) is 0 Å². The Morgan fingerprint density at radius 2 is 2.09 bits per heavy atom. The van der Waals surface area contributed by atoms with Crippen LogP contribution in [0.3, 0.4) is 0 Å². The summed E-state index contributed by atoms with van der Waals surface area (Å²) in [4.78, 5) is 4.19. The van der Waals surface area contributed by atoms with Crippen molar-refractivity contribution in [2.75, 3.05) is 26.3 Å². The van der Waals surface area contributed by atoms with Crippen molar-refractivity contribution in [2.24, 2.45) is 7.05 Å². The summed E-state index contributed by atoms with van der Waals surface area (Å²) < 4.78 is 35.4. The first kappa shape index (κ1) is 16.1. The zero-order valence-corrected chi connectivity index (χ0v) is 13.7. The molecule has 0 unspecified atom stereocenters. The van der Waals surface area contributed by atoms with Gasteiger partial charge in [-0.2, -0.15) is 22.5 Å². The summed E-state index contributed by atoms with van der Waals surface area (Å²) in [6.45, 7) is 1.81. The highest BCUT2D eigenvalue weighted by molar-refractivity contribution is 7.87. The molecule has 0 spiro atoms. The maximum Gasteiger partial charge on any atom is 0.279 e. The molecule has 0 saturated carbocycles. The van der Waals surface area contributed by atoms with Crippen molar-refractivity contribution in [2.45, 2.75) is 6.54 Å². The van der Waals surface area contributed by atoms with Crippen molar-refractivity contribution in [1.29, 1.82) is 0 Å². The predicted octanol–water partition coefficient (Wildman–Crippen LogP) is 0.149. The fourth-order valence-electron chi connectivity index (χ4n) is 2.43. The molecule has 9 heteroatoms. The van der Waals surface area contributed by atoms with Gasteiger partial charge in [-0.3, -0.25) is 9.67 Å². The normalized spacial score (nSPS) is 16.6. The minimum Gasteiger partial charge on any atom is -0.379 e. The number of nitrogens with zero attached hydrogens (tertiary/aromatic N) is 4. The second-order valence-electron chi connectivity index (χ2n) is 5.26. The summed E-state index contributed by atoms with van der Waals surface area (Å²) in [5, 5.41) is 4.13. The summed E-state index contributed by atoms with van der Waals surface area (Å²) in [5.41, 5.74) is 2.61. The summed E-state index contributed by atoms with van der Waals surface area (Å²) >= 11 is 0. The van der Waals surface area contributed by atoms with Crippen LogP contribution in [0.4, 0.5) is 0 Å². The number of aryl methyl sites for hydroxylation is 1. The fourth-order valence-corrected chi connectivity index (χ4v) is 3.60. The lowest BCUT2D eigenvalue weighted by Gasteiger charge is -2.26. The molecule has 2 aromatic heterocycles. The highest BCUT2D eigenvalue weighted by Crippen LogP contribution is 2.18. The van der Waals surface area contributed by atoms with E-state index in [9.17, 15) is 8.42 Å². The van der Waals surface area contributed by atoms with Crippen molar-refractivity contribution >= 4 is 10.2 Å². The molecular weight excluding hydrogens is 318 g/mol. The van der Waals surface area contributed by atoms with Crippen LogP contribution in [0, 0.1) is 0 Å². The highest BCUT2D eigenvalue weighted by Gasteiger charge is 2.23. The van der Waals surface area contributed by atoms with E-state index >= 15 is 0 Å². The van der Waals surface area contributed by atoms with Gasteiger partial charge in [0.15, 0.2) is 0 Å². The van der Waals surface area contributed by atoms with Crippen molar-refractivity contribution in [3.8, 4) is 11.3 Å². The van der Waals surface area contributed by atoms with E-state index in [0.29, 0.717) is 26.3 Å². The SMILES string of the molecule is Cn1nccc1-c1cncc(CNS(=O)(=O)N2CCOCC2)c1. The molecular formula is C14H19N5O3S. The zero-order valence-electron chi connectivity index (χ0n) is 12.8. The number of aromatic nitrogens is 3. The van der Waals surface area contributed by atoms with Gasteiger partial charge in [0.2, 0.25) is 0 Å². The maximum absolute atomic E-state index is 12.3. The Hall–Kier alpha value is -1.81. The summed E-state index contributed by atoms with van der Waals surface area (Å²) in [6, 6.07) is 3.80. The second kappa shape index (κ2) is 6.75. The van der Waals surface area contributed by atoms with Crippen LogP contribution in [0.25, 0.3) is 11.3 Å². The Morgan fingerprint density at radius 3 is 2.78 bits per heavy atom. The Kier molecular flexibility index (Phi) is 4.71. The molecule has 0 aromatic carbocycles. The quantitative estimate of drug-likeness (QED) is 0.839. The topological polar surface area (TPSA) is 89.3 Å². The highest BCUT2D eigenvalue weighted by atomic mass is 32.2. The first-order valence-corrected chi connectivity index (χ1v) is 8.75. The molecule has 1 aliphatic rings. The molecule has 23 heavy (non-hydrogen) atoms. The number of morpholine rings is 1. The van der Waals surface area contributed by atoms with Crippen LogP contribution in [0.15, 0.2) is 30.7 Å². The maximum atomic E-state index is 12.3. The van der Waals surface area contributed by atoms with Gasteiger partial charge in [-0.25, -0.2) is 0 Å². The predicted molar refractivity (Wildman–Crippen MR) is 84.6 cm³/mol. The number of nitrogens with one attached hydrogen (secondary N) is 1. The number of hydrogen-bond donors (Lipinski definition) is 1. The second-order valence-corrected chi connectivity index (χ2v) is 7.01. The lowest BCUT2D eigenvalue weighted by Crippen LogP contribution is -2.46. The standard InChI is InChI=1S/C14H19N5O3S/c1-18-14(2-3-16-18)13-8-12(9-15-11-13)10-17-23(20,21)19-4-6-22-7-5-19/h2-3,8-9,11,17H,4-7,10H2,1H3. The van der Waals surface area contributed by atoms with E-state index in [1.165, 1.54) is 4.31 Å². The molecule has 1 fully saturated rings. The average Bonchev–Trinajstić information content (AvgIpc) is 3.00. The molecule has 3 rings (SSSR count).